The van der Waals surface area contributed by atoms with Crippen LogP contribution in [-0.4, -0.2) is 28.2 Å². The Balaban J connectivity index is 1.61. The zero-order valence-electron chi connectivity index (χ0n) is 18.6. The van der Waals surface area contributed by atoms with Crippen LogP contribution in [-0.2, 0) is 24.9 Å². The maximum atomic E-state index is 12.4. The van der Waals surface area contributed by atoms with Gasteiger partial charge in [-0.1, -0.05) is 25.0 Å². The molecule has 3 N–H and O–H groups in total. The highest BCUT2D eigenvalue weighted by Crippen LogP contribution is 2.26. The minimum atomic E-state index is 0.144. The summed E-state index contributed by atoms with van der Waals surface area (Å²) in [6.45, 7) is 8.15. The van der Waals surface area contributed by atoms with Gasteiger partial charge in [0.1, 0.15) is 0 Å². The number of carbonyl (C=O) groups is 1. The predicted molar refractivity (Wildman–Crippen MR) is 121 cm³/mol. The Bertz CT molecular complexity index is 895. The van der Waals surface area contributed by atoms with Crippen molar-refractivity contribution in [1.29, 1.82) is 0 Å². The second kappa shape index (κ2) is 10.3. The fourth-order valence-electron chi connectivity index (χ4n) is 3.94. The molecule has 7 nitrogen and oxygen atoms in total. The van der Waals surface area contributed by atoms with E-state index >= 15 is 0 Å². The maximum absolute atomic E-state index is 12.4. The summed E-state index contributed by atoms with van der Waals surface area (Å²) in [6, 6.07) is 7.96. The number of hydrogen-bond donors (Lipinski definition) is 3. The summed E-state index contributed by atoms with van der Waals surface area (Å²) in [5.41, 5.74) is 5.29. The zero-order valence-corrected chi connectivity index (χ0v) is 18.6. The van der Waals surface area contributed by atoms with E-state index in [2.05, 4.69) is 34.9 Å². The van der Waals surface area contributed by atoms with Crippen molar-refractivity contribution in [1.82, 2.24) is 20.4 Å². The fourth-order valence-corrected chi connectivity index (χ4v) is 3.94. The topological polar surface area (TPSA) is 83.3 Å². The van der Waals surface area contributed by atoms with E-state index in [-0.39, 0.29) is 11.8 Å². The van der Waals surface area contributed by atoms with E-state index in [4.69, 9.17) is 4.99 Å². The van der Waals surface area contributed by atoms with Gasteiger partial charge in [0.05, 0.1) is 12.2 Å². The van der Waals surface area contributed by atoms with E-state index in [0.717, 1.165) is 60.8 Å². The summed E-state index contributed by atoms with van der Waals surface area (Å²) < 4.78 is 1.90. The lowest BCUT2D eigenvalue weighted by Gasteiger charge is -2.13. The first-order valence-electron chi connectivity index (χ1n) is 10.9. The highest BCUT2D eigenvalue weighted by atomic mass is 16.1. The lowest BCUT2D eigenvalue weighted by atomic mass is 10.1. The minimum Gasteiger partial charge on any atom is -0.357 e. The molecule has 0 bridgehead atoms. The molecule has 0 radical (unpaired) electrons. The lowest BCUT2D eigenvalue weighted by Crippen LogP contribution is -2.37. The third-order valence-electron chi connectivity index (χ3n) is 5.78. The van der Waals surface area contributed by atoms with E-state index in [1.54, 1.807) is 0 Å². The van der Waals surface area contributed by atoms with Crippen molar-refractivity contribution in [2.24, 2.45) is 18.0 Å². The Morgan fingerprint density at radius 1 is 1.23 bits per heavy atom. The van der Waals surface area contributed by atoms with E-state index in [1.165, 1.54) is 5.56 Å². The van der Waals surface area contributed by atoms with Crippen LogP contribution >= 0.6 is 0 Å². The van der Waals surface area contributed by atoms with Gasteiger partial charge in [0.15, 0.2) is 5.96 Å². The highest BCUT2D eigenvalue weighted by Gasteiger charge is 2.22. The van der Waals surface area contributed by atoms with Crippen LogP contribution in [0.3, 0.4) is 0 Å². The van der Waals surface area contributed by atoms with Crippen LogP contribution in [0.4, 0.5) is 5.69 Å². The van der Waals surface area contributed by atoms with Crippen molar-refractivity contribution in [2.75, 3.05) is 11.9 Å². The van der Waals surface area contributed by atoms with Crippen LogP contribution in [0.15, 0.2) is 29.3 Å². The Morgan fingerprint density at radius 2 is 2.00 bits per heavy atom. The Morgan fingerprint density at radius 3 is 2.67 bits per heavy atom. The molecule has 1 aliphatic carbocycles. The number of nitrogens with zero attached hydrogens (tertiary/aromatic N) is 3. The molecule has 1 aromatic heterocycles. The minimum absolute atomic E-state index is 0.144. The number of rotatable bonds is 7. The van der Waals surface area contributed by atoms with Crippen molar-refractivity contribution in [3.63, 3.8) is 0 Å². The summed E-state index contributed by atoms with van der Waals surface area (Å²) in [6.07, 6.45) is 4.32. The average Bonchev–Trinajstić information content (AvgIpc) is 3.34. The van der Waals surface area contributed by atoms with Gasteiger partial charge in [-0.05, 0) is 51.3 Å². The van der Waals surface area contributed by atoms with Crippen molar-refractivity contribution >= 4 is 17.6 Å². The smallest absolute Gasteiger partial charge is 0.227 e. The molecule has 1 amide bonds. The third-order valence-corrected chi connectivity index (χ3v) is 5.78. The van der Waals surface area contributed by atoms with E-state index in [0.29, 0.717) is 13.1 Å². The van der Waals surface area contributed by atoms with Gasteiger partial charge < -0.3 is 16.0 Å². The monoisotopic (exact) mass is 410 g/mol. The van der Waals surface area contributed by atoms with Gasteiger partial charge in [-0.15, -0.1) is 0 Å². The maximum Gasteiger partial charge on any atom is 0.227 e. The van der Waals surface area contributed by atoms with Crippen LogP contribution in [0.25, 0.3) is 0 Å². The largest absolute Gasteiger partial charge is 0.357 e. The van der Waals surface area contributed by atoms with Gasteiger partial charge in [0.2, 0.25) is 5.91 Å². The molecule has 0 spiro atoms. The Kier molecular flexibility index (Phi) is 7.49. The molecular weight excluding hydrogens is 376 g/mol. The molecule has 1 fully saturated rings. The normalized spacial score (nSPS) is 14.7. The number of hydrogen-bond acceptors (Lipinski definition) is 3. The molecule has 0 aliphatic heterocycles. The first-order valence-corrected chi connectivity index (χ1v) is 10.9. The van der Waals surface area contributed by atoms with Gasteiger partial charge in [0, 0.05) is 43.0 Å². The first kappa shape index (κ1) is 21.9. The highest BCUT2D eigenvalue weighted by molar-refractivity contribution is 5.92. The lowest BCUT2D eigenvalue weighted by molar-refractivity contribution is -0.119. The number of anilines is 1. The van der Waals surface area contributed by atoms with Crippen LogP contribution in [0, 0.1) is 19.8 Å². The van der Waals surface area contributed by atoms with Crippen molar-refractivity contribution in [2.45, 2.75) is 59.5 Å². The number of aryl methyl sites for hydroxylation is 2. The quantitative estimate of drug-likeness (QED) is 0.482. The van der Waals surface area contributed by atoms with Gasteiger partial charge in [0.25, 0.3) is 0 Å². The fraction of sp³-hybridized carbons (Fsp3) is 0.522. The van der Waals surface area contributed by atoms with Crippen molar-refractivity contribution in [3.05, 3.63) is 46.8 Å². The zero-order chi connectivity index (χ0) is 21.5. The molecule has 7 heteroatoms. The number of guanidine groups is 1. The average molecular weight is 411 g/mol. The van der Waals surface area contributed by atoms with Gasteiger partial charge in [-0.25, -0.2) is 4.99 Å². The number of amides is 1. The summed E-state index contributed by atoms with van der Waals surface area (Å²) >= 11 is 0. The number of aliphatic imine (C=N–C) groups is 1. The number of carbonyl (C=O) groups excluding carboxylic acids is 1. The van der Waals surface area contributed by atoms with Crippen LogP contribution in [0.1, 0.15) is 55.1 Å². The molecule has 1 aliphatic rings. The SMILES string of the molecule is CCNC(=NCc1cccc(NC(=O)C2CCCC2)c1)NCc1c(C)nn(C)c1C. The molecule has 0 saturated heterocycles. The Labute approximate surface area is 179 Å². The predicted octanol–water partition coefficient (Wildman–Crippen LogP) is 3.42. The summed E-state index contributed by atoms with van der Waals surface area (Å²) in [4.78, 5) is 17.1. The third kappa shape index (κ3) is 5.62. The summed E-state index contributed by atoms with van der Waals surface area (Å²) in [5, 5.41) is 14.2. The molecule has 30 heavy (non-hydrogen) atoms. The Hall–Kier alpha value is -2.83. The van der Waals surface area contributed by atoms with Gasteiger partial charge in [-0.3, -0.25) is 9.48 Å². The standard InChI is InChI=1S/C23H34N6O/c1-5-24-23(26-15-21-16(2)28-29(4)17(21)3)25-14-18-9-8-12-20(13-18)27-22(30)19-10-6-7-11-19/h8-9,12-13,19H,5-7,10-11,14-15H2,1-4H3,(H,27,30)(H2,24,25,26). The summed E-state index contributed by atoms with van der Waals surface area (Å²) in [7, 11) is 1.96. The molecule has 1 saturated carbocycles. The molecule has 0 unspecified atom stereocenters. The number of nitrogens with one attached hydrogen (secondary N) is 3. The van der Waals surface area contributed by atoms with Gasteiger partial charge >= 0.3 is 0 Å². The number of benzene rings is 1. The molecule has 3 rings (SSSR count). The number of aromatic nitrogens is 2. The molecular formula is C23H34N6O. The van der Waals surface area contributed by atoms with Gasteiger partial charge in [-0.2, -0.15) is 5.10 Å². The molecule has 1 aromatic carbocycles. The van der Waals surface area contributed by atoms with Crippen molar-refractivity contribution in [3.8, 4) is 0 Å². The molecule has 1 heterocycles. The van der Waals surface area contributed by atoms with Crippen molar-refractivity contribution < 1.29 is 4.79 Å². The van der Waals surface area contributed by atoms with Crippen LogP contribution in [0.5, 0.6) is 0 Å². The molecule has 162 valence electrons. The second-order valence-electron chi connectivity index (χ2n) is 7.99. The van der Waals surface area contributed by atoms with E-state index < -0.39 is 0 Å². The van der Waals surface area contributed by atoms with E-state index in [9.17, 15) is 4.79 Å². The second-order valence-corrected chi connectivity index (χ2v) is 7.99. The molecule has 0 atom stereocenters. The first-order chi connectivity index (χ1) is 14.5. The van der Waals surface area contributed by atoms with Crippen LogP contribution in [0.2, 0.25) is 0 Å². The van der Waals surface area contributed by atoms with Crippen LogP contribution < -0.4 is 16.0 Å². The van der Waals surface area contributed by atoms with E-state index in [1.807, 2.05) is 42.9 Å². The summed E-state index contributed by atoms with van der Waals surface area (Å²) in [5.74, 6) is 1.07. The molecule has 2 aromatic rings.